The highest BCUT2D eigenvalue weighted by atomic mass is 16.5. The smallest absolute Gasteiger partial charge is 0.216 e. The molecule has 3 heteroatoms. The summed E-state index contributed by atoms with van der Waals surface area (Å²) in [6.07, 6.45) is 7.28. The van der Waals surface area contributed by atoms with Crippen molar-refractivity contribution in [1.82, 2.24) is 9.88 Å². The van der Waals surface area contributed by atoms with E-state index in [1.54, 1.807) is 6.20 Å². The Bertz CT molecular complexity index is 409. The number of nitrogens with zero attached hydrogens (tertiary/aromatic N) is 2. The second-order valence-electron chi connectivity index (χ2n) is 6.12. The Morgan fingerprint density at radius 1 is 1.21 bits per heavy atom. The molecule has 0 bridgehead atoms. The van der Waals surface area contributed by atoms with Crippen molar-refractivity contribution in [2.75, 3.05) is 26.2 Å². The molecule has 0 aromatic carbocycles. The van der Waals surface area contributed by atoms with Gasteiger partial charge in [0.05, 0.1) is 6.61 Å². The van der Waals surface area contributed by atoms with Crippen LogP contribution in [-0.2, 0) is 0 Å². The zero-order valence-electron chi connectivity index (χ0n) is 11.8. The van der Waals surface area contributed by atoms with Crippen LogP contribution in [0.3, 0.4) is 0 Å². The van der Waals surface area contributed by atoms with E-state index in [0.717, 1.165) is 24.0 Å². The molecule has 1 saturated heterocycles. The van der Waals surface area contributed by atoms with E-state index in [0.29, 0.717) is 5.92 Å². The number of aromatic nitrogens is 1. The third-order valence-electron chi connectivity index (χ3n) is 4.34. The summed E-state index contributed by atoms with van der Waals surface area (Å²) in [4.78, 5) is 6.93. The van der Waals surface area contributed by atoms with Crippen molar-refractivity contribution in [2.24, 2.45) is 11.8 Å². The average molecular weight is 260 g/mol. The minimum Gasteiger partial charge on any atom is -0.477 e. The highest BCUT2D eigenvalue weighted by Gasteiger charge is 2.27. The number of pyridine rings is 1. The number of ether oxygens (including phenoxy) is 1. The molecule has 2 heterocycles. The monoisotopic (exact) mass is 260 g/mol. The summed E-state index contributed by atoms with van der Waals surface area (Å²) in [7, 11) is 0. The van der Waals surface area contributed by atoms with Crippen LogP contribution in [0.2, 0.25) is 0 Å². The fourth-order valence-corrected chi connectivity index (χ4v) is 2.82. The maximum absolute atomic E-state index is 5.88. The summed E-state index contributed by atoms with van der Waals surface area (Å²) in [5, 5.41) is 0. The molecule has 0 atom stereocenters. The van der Waals surface area contributed by atoms with E-state index in [2.05, 4.69) is 22.9 Å². The summed E-state index contributed by atoms with van der Waals surface area (Å²) in [5.41, 5.74) is 1.13. The van der Waals surface area contributed by atoms with E-state index < -0.39 is 0 Å². The maximum atomic E-state index is 5.88. The molecule has 19 heavy (non-hydrogen) atoms. The molecule has 3 rings (SSSR count). The molecule has 1 aliphatic heterocycles. The van der Waals surface area contributed by atoms with Crippen molar-refractivity contribution in [2.45, 2.75) is 32.6 Å². The molecule has 1 aromatic rings. The quantitative estimate of drug-likeness (QED) is 0.814. The van der Waals surface area contributed by atoms with E-state index in [4.69, 9.17) is 4.74 Å². The highest BCUT2D eigenvalue weighted by Crippen LogP contribution is 2.31. The van der Waals surface area contributed by atoms with Gasteiger partial charge in [-0.1, -0.05) is 6.07 Å². The van der Waals surface area contributed by atoms with Crippen molar-refractivity contribution in [1.29, 1.82) is 0 Å². The third-order valence-corrected chi connectivity index (χ3v) is 4.34. The lowest BCUT2D eigenvalue weighted by atomic mass is 9.97. The molecule has 0 unspecified atom stereocenters. The topological polar surface area (TPSA) is 25.4 Å². The predicted molar refractivity (Wildman–Crippen MR) is 76.4 cm³/mol. The van der Waals surface area contributed by atoms with E-state index in [9.17, 15) is 0 Å². The standard InChI is InChI=1S/C16H24N2O/c1-13-3-2-8-17-16(13)19-12-15-6-9-18(10-7-15)11-14-4-5-14/h2-3,8,14-15H,4-7,9-12H2,1H3. The first-order valence-corrected chi connectivity index (χ1v) is 7.58. The predicted octanol–water partition coefficient (Wildman–Crippen LogP) is 2.89. The van der Waals surface area contributed by atoms with Crippen molar-refractivity contribution in [3.05, 3.63) is 23.9 Å². The molecule has 2 aliphatic rings. The van der Waals surface area contributed by atoms with Crippen LogP contribution in [-0.4, -0.2) is 36.1 Å². The summed E-state index contributed by atoms with van der Waals surface area (Å²) >= 11 is 0. The van der Waals surface area contributed by atoms with Gasteiger partial charge in [0, 0.05) is 18.3 Å². The zero-order chi connectivity index (χ0) is 13.1. The van der Waals surface area contributed by atoms with Crippen LogP contribution in [0.25, 0.3) is 0 Å². The van der Waals surface area contributed by atoms with Gasteiger partial charge in [-0.3, -0.25) is 0 Å². The number of aryl methyl sites for hydroxylation is 1. The Balaban J connectivity index is 1.41. The Morgan fingerprint density at radius 2 is 2.00 bits per heavy atom. The van der Waals surface area contributed by atoms with Gasteiger partial charge in [0.2, 0.25) is 5.88 Å². The molecule has 1 aromatic heterocycles. The lowest BCUT2D eigenvalue weighted by Crippen LogP contribution is -2.36. The van der Waals surface area contributed by atoms with Crippen LogP contribution in [0, 0.1) is 18.8 Å². The second kappa shape index (κ2) is 5.91. The Morgan fingerprint density at radius 3 is 2.68 bits per heavy atom. The highest BCUT2D eigenvalue weighted by molar-refractivity contribution is 5.23. The first-order chi connectivity index (χ1) is 9.31. The van der Waals surface area contributed by atoms with Crippen LogP contribution < -0.4 is 4.74 Å². The maximum Gasteiger partial charge on any atom is 0.216 e. The largest absolute Gasteiger partial charge is 0.477 e. The summed E-state index contributed by atoms with van der Waals surface area (Å²) < 4.78 is 5.88. The van der Waals surface area contributed by atoms with Gasteiger partial charge in [0.25, 0.3) is 0 Å². The third kappa shape index (κ3) is 3.69. The molecule has 0 N–H and O–H groups in total. The second-order valence-corrected chi connectivity index (χ2v) is 6.12. The Kier molecular flexibility index (Phi) is 4.02. The first kappa shape index (κ1) is 12.9. The van der Waals surface area contributed by atoms with Crippen LogP contribution in [0.15, 0.2) is 18.3 Å². The van der Waals surface area contributed by atoms with Crippen molar-refractivity contribution in [3.8, 4) is 5.88 Å². The van der Waals surface area contributed by atoms with E-state index in [1.165, 1.54) is 45.3 Å². The molecule has 0 spiro atoms. The van der Waals surface area contributed by atoms with Gasteiger partial charge in [0.1, 0.15) is 0 Å². The number of likely N-dealkylation sites (tertiary alicyclic amines) is 1. The number of piperidine rings is 1. The molecule has 0 radical (unpaired) electrons. The van der Waals surface area contributed by atoms with Gasteiger partial charge in [-0.2, -0.15) is 0 Å². The molecular formula is C16H24N2O. The van der Waals surface area contributed by atoms with Crippen LogP contribution in [0.4, 0.5) is 0 Å². The fourth-order valence-electron chi connectivity index (χ4n) is 2.82. The molecular weight excluding hydrogens is 236 g/mol. The minimum atomic E-state index is 0.705. The Hall–Kier alpha value is -1.09. The van der Waals surface area contributed by atoms with E-state index >= 15 is 0 Å². The first-order valence-electron chi connectivity index (χ1n) is 7.58. The normalized spacial score (nSPS) is 21.5. The zero-order valence-corrected chi connectivity index (χ0v) is 11.8. The van der Waals surface area contributed by atoms with Crippen LogP contribution in [0.1, 0.15) is 31.2 Å². The van der Waals surface area contributed by atoms with Crippen LogP contribution in [0.5, 0.6) is 5.88 Å². The Labute approximate surface area is 116 Å². The van der Waals surface area contributed by atoms with Crippen molar-refractivity contribution in [3.63, 3.8) is 0 Å². The molecule has 0 amide bonds. The summed E-state index contributed by atoms with van der Waals surface area (Å²) in [6.45, 7) is 6.74. The molecule has 2 fully saturated rings. The van der Waals surface area contributed by atoms with E-state index in [1.807, 2.05) is 6.07 Å². The van der Waals surface area contributed by atoms with Crippen molar-refractivity contribution < 1.29 is 4.74 Å². The SMILES string of the molecule is Cc1cccnc1OCC1CCN(CC2CC2)CC1. The minimum absolute atomic E-state index is 0.705. The van der Waals surface area contributed by atoms with Crippen LogP contribution >= 0.6 is 0 Å². The van der Waals surface area contributed by atoms with Gasteiger partial charge < -0.3 is 9.64 Å². The summed E-state index contributed by atoms with van der Waals surface area (Å²) in [5.74, 6) is 2.53. The van der Waals surface area contributed by atoms with E-state index in [-0.39, 0.29) is 0 Å². The molecule has 1 saturated carbocycles. The van der Waals surface area contributed by atoms with Gasteiger partial charge in [-0.25, -0.2) is 4.98 Å². The molecule has 3 nitrogen and oxygen atoms in total. The lowest BCUT2D eigenvalue weighted by Gasteiger charge is -2.31. The van der Waals surface area contributed by atoms with Gasteiger partial charge >= 0.3 is 0 Å². The number of hydrogen-bond donors (Lipinski definition) is 0. The fraction of sp³-hybridized carbons (Fsp3) is 0.688. The van der Waals surface area contributed by atoms with Gasteiger partial charge in [0.15, 0.2) is 0 Å². The molecule has 1 aliphatic carbocycles. The number of hydrogen-bond acceptors (Lipinski definition) is 3. The van der Waals surface area contributed by atoms with Crippen molar-refractivity contribution >= 4 is 0 Å². The van der Waals surface area contributed by atoms with Gasteiger partial charge in [-0.05, 0) is 63.6 Å². The number of rotatable bonds is 5. The lowest BCUT2D eigenvalue weighted by molar-refractivity contribution is 0.135. The summed E-state index contributed by atoms with van der Waals surface area (Å²) in [6, 6.07) is 4.01. The van der Waals surface area contributed by atoms with Gasteiger partial charge in [-0.15, -0.1) is 0 Å². The average Bonchev–Trinajstić information content (AvgIpc) is 3.24. The molecule has 104 valence electrons.